The third-order valence-electron chi connectivity index (χ3n) is 10.7. The zero-order valence-corrected chi connectivity index (χ0v) is 26.0. The number of nitrogens with zero attached hydrogens (tertiary/aromatic N) is 4. The van der Waals surface area contributed by atoms with Gasteiger partial charge in [0.25, 0.3) is 11.5 Å². The molecule has 6 aromatic rings. The summed E-state index contributed by atoms with van der Waals surface area (Å²) in [5, 5.41) is 2.73. The number of piperidine rings is 1. The minimum absolute atomic E-state index is 0.0000764. The highest BCUT2D eigenvalue weighted by atomic mass is 16.5. The Morgan fingerprint density at radius 1 is 1.02 bits per heavy atom. The molecule has 3 aromatic heterocycles. The number of methoxy groups -OCH3 is 1. The quantitative estimate of drug-likeness (QED) is 0.251. The van der Waals surface area contributed by atoms with Gasteiger partial charge in [0.1, 0.15) is 11.3 Å². The number of pyridine rings is 1. The molecular formula is C37H36N6O3. The van der Waals surface area contributed by atoms with Crippen molar-refractivity contribution < 1.29 is 9.53 Å². The number of ether oxygens (including phenoxy) is 1. The Labute approximate surface area is 265 Å². The summed E-state index contributed by atoms with van der Waals surface area (Å²) in [6, 6.07) is 20.6. The smallest absolute Gasteiger partial charge is 0.255 e. The van der Waals surface area contributed by atoms with E-state index in [0.29, 0.717) is 28.5 Å². The normalized spacial score (nSPS) is 20.8. The van der Waals surface area contributed by atoms with Crippen LogP contribution in [0.15, 0.2) is 71.7 Å². The van der Waals surface area contributed by atoms with E-state index in [1.807, 2.05) is 42.3 Å². The number of hydrogen-bond donors (Lipinski definition) is 2. The number of hydrogen-bond acceptors (Lipinski definition) is 5. The summed E-state index contributed by atoms with van der Waals surface area (Å²) in [5.41, 5.74) is 12.9. The van der Waals surface area contributed by atoms with E-state index < -0.39 is 0 Å². The molecule has 2 bridgehead atoms. The molecule has 9 rings (SSSR count). The zero-order valence-electron chi connectivity index (χ0n) is 26.0. The molecule has 2 aliphatic carbocycles. The monoisotopic (exact) mass is 612 g/mol. The number of benzene rings is 3. The maximum atomic E-state index is 13.8. The average Bonchev–Trinajstić information content (AvgIpc) is 3.46. The number of amides is 1. The molecule has 3 atom stereocenters. The van der Waals surface area contributed by atoms with Crippen LogP contribution in [-0.2, 0) is 13.6 Å². The van der Waals surface area contributed by atoms with E-state index in [-0.39, 0.29) is 23.6 Å². The van der Waals surface area contributed by atoms with E-state index in [1.165, 1.54) is 12.8 Å². The topological polar surface area (TPSA) is 111 Å². The molecule has 3 N–H and O–H groups in total. The number of aromatic amines is 1. The van der Waals surface area contributed by atoms with Crippen LogP contribution in [0.4, 0.5) is 0 Å². The number of carbonyl (C=O) groups excluding carboxylic acids is 1. The van der Waals surface area contributed by atoms with Gasteiger partial charge < -0.3 is 29.5 Å². The average molecular weight is 613 g/mol. The number of para-hydroxylation sites is 1. The van der Waals surface area contributed by atoms with E-state index in [1.54, 1.807) is 13.3 Å². The first kappa shape index (κ1) is 27.4. The van der Waals surface area contributed by atoms with Gasteiger partial charge in [-0.2, -0.15) is 0 Å². The summed E-state index contributed by atoms with van der Waals surface area (Å²) < 4.78 is 10.4. The number of aromatic nitrogens is 4. The van der Waals surface area contributed by atoms with Crippen molar-refractivity contribution in [1.82, 2.24) is 24.0 Å². The maximum Gasteiger partial charge on any atom is 0.255 e. The molecule has 9 heteroatoms. The van der Waals surface area contributed by atoms with Crippen molar-refractivity contribution in [1.29, 1.82) is 0 Å². The van der Waals surface area contributed by atoms with Crippen LogP contribution in [0.2, 0.25) is 0 Å². The van der Waals surface area contributed by atoms with Gasteiger partial charge in [-0.25, -0.2) is 4.98 Å². The lowest BCUT2D eigenvalue weighted by Crippen LogP contribution is -2.41. The lowest BCUT2D eigenvalue weighted by Gasteiger charge is -2.27. The van der Waals surface area contributed by atoms with Crippen LogP contribution in [0, 0.1) is 11.8 Å². The number of aryl methyl sites for hydroxylation is 1. The van der Waals surface area contributed by atoms with Crippen LogP contribution in [0.5, 0.6) is 5.75 Å². The Bertz CT molecular complexity index is 2270. The van der Waals surface area contributed by atoms with Gasteiger partial charge in [-0.3, -0.25) is 9.59 Å². The summed E-state index contributed by atoms with van der Waals surface area (Å²) in [6.07, 6.45) is 6.19. The van der Waals surface area contributed by atoms with E-state index in [9.17, 15) is 9.59 Å². The molecule has 1 aliphatic heterocycles. The first-order valence-electron chi connectivity index (χ1n) is 16.2. The van der Waals surface area contributed by atoms with Gasteiger partial charge in [0, 0.05) is 60.3 Å². The molecule has 3 aliphatic rings. The molecule has 232 valence electrons. The highest BCUT2D eigenvalue weighted by Crippen LogP contribution is 2.42. The van der Waals surface area contributed by atoms with Crippen molar-refractivity contribution in [2.75, 3.05) is 13.7 Å². The molecule has 2 saturated carbocycles. The number of H-pyrrole nitrogens is 1. The molecule has 1 amide bonds. The second-order valence-corrected chi connectivity index (χ2v) is 13.4. The number of imidazole rings is 1. The second kappa shape index (κ2) is 10.1. The molecule has 9 nitrogen and oxygen atoms in total. The van der Waals surface area contributed by atoms with Crippen molar-refractivity contribution in [2.24, 2.45) is 24.6 Å². The standard InChI is InChI=1S/C37H36N6O3/c1-41-34-28(15-25(17-31(34)46-2)37(45)43-19-24-9-11-29(43)32(24)38)40-35(41)30-16-23-4-3-5-26(33(23)42(30)18-20-6-7-20)21-8-10-27-22(14-21)12-13-39-36(27)44/h3-5,8,10,12-17,20,24,29,32H,6-7,9,11,18-19,38H2,1-2H3,(H,39,44)/t24-,29-,32-/m1/s1. The van der Waals surface area contributed by atoms with Crippen LogP contribution < -0.4 is 16.0 Å². The number of carbonyl (C=O) groups is 1. The highest BCUT2D eigenvalue weighted by molar-refractivity contribution is 6.02. The van der Waals surface area contributed by atoms with Gasteiger partial charge in [0.2, 0.25) is 0 Å². The van der Waals surface area contributed by atoms with Gasteiger partial charge in [0.05, 0.1) is 23.8 Å². The highest BCUT2D eigenvalue weighted by Gasteiger charge is 2.47. The maximum absolute atomic E-state index is 13.8. The Hall–Kier alpha value is -4.89. The van der Waals surface area contributed by atoms with E-state index in [2.05, 4.69) is 44.5 Å². The molecule has 0 unspecified atom stereocenters. The molecular weight excluding hydrogens is 576 g/mol. The molecule has 3 fully saturated rings. The van der Waals surface area contributed by atoms with Crippen molar-refractivity contribution in [3.8, 4) is 28.4 Å². The number of fused-ring (bicyclic) bond motifs is 5. The zero-order chi connectivity index (χ0) is 31.3. The Balaban J connectivity index is 1.20. The Kier molecular flexibility index (Phi) is 5.99. The number of likely N-dealkylation sites (tertiary alicyclic amines) is 1. The lowest BCUT2D eigenvalue weighted by molar-refractivity contribution is 0.0700. The lowest BCUT2D eigenvalue weighted by atomic mass is 10.00. The fourth-order valence-corrected chi connectivity index (χ4v) is 8.12. The molecule has 0 radical (unpaired) electrons. The fourth-order valence-electron chi connectivity index (χ4n) is 8.12. The van der Waals surface area contributed by atoms with Crippen LogP contribution >= 0.6 is 0 Å². The largest absolute Gasteiger partial charge is 0.494 e. The Morgan fingerprint density at radius 3 is 2.65 bits per heavy atom. The first-order chi connectivity index (χ1) is 22.4. The minimum atomic E-state index is -0.0833. The number of nitrogens with two attached hydrogens (primary N) is 1. The van der Waals surface area contributed by atoms with Gasteiger partial charge in [-0.15, -0.1) is 0 Å². The predicted molar refractivity (Wildman–Crippen MR) is 180 cm³/mol. The van der Waals surface area contributed by atoms with E-state index in [4.69, 9.17) is 15.5 Å². The van der Waals surface area contributed by atoms with Crippen LogP contribution in [0.25, 0.3) is 55.4 Å². The predicted octanol–water partition coefficient (Wildman–Crippen LogP) is 5.68. The van der Waals surface area contributed by atoms with Crippen LogP contribution in [0.1, 0.15) is 36.0 Å². The van der Waals surface area contributed by atoms with Gasteiger partial charge >= 0.3 is 0 Å². The molecule has 3 aromatic carbocycles. The fraction of sp³-hybridized carbons (Fsp3) is 0.324. The molecule has 4 heterocycles. The Morgan fingerprint density at radius 2 is 1.89 bits per heavy atom. The van der Waals surface area contributed by atoms with E-state index in [0.717, 1.165) is 75.9 Å². The van der Waals surface area contributed by atoms with Gasteiger partial charge in [-0.05, 0) is 84.9 Å². The number of nitrogens with one attached hydrogen (secondary N) is 1. The van der Waals surface area contributed by atoms with E-state index >= 15 is 0 Å². The summed E-state index contributed by atoms with van der Waals surface area (Å²) >= 11 is 0. The SMILES string of the molecule is COc1cc(C(=O)N2C[C@H]3CC[C@@H]2[C@@H]3N)cc2nc(-c3cc4cccc(-c5ccc6c(=O)[nH]ccc6c5)c4n3CC3CC3)n(C)c12. The third kappa shape index (κ3) is 4.07. The van der Waals surface area contributed by atoms with Gasteiger partial charge in [-0.1, -0.05) is 24.3 Å². The summed E-state index contributed by atoms with van der Waals surface area (Å²) in [7, 11) is 3.67. The summed E-state index contributed by atoms with van der Waals surface area (Å²) in [6.45, 7) is 1.61. The van der Waals surface area contributed by atoms with Gasteiger partial charge in [0.15, 0.2) is 5.82 Å². The molecule has 46 heavy (non-hydrogen) atoms. The molecule has 0 spiro atoms. The van der Waals surface area contributed by atoms with Crippen molar-refractivity contribution in [3.05, 3.63) is 82.8 Å². The summed E-state index contributed by atoms with van der Waals surface area (Å²) in [4.78, 5) is 36.1. The van der Waals surface area contributed by atoms with Crippen molar-refractivity contribution in [2.45, 2.75) is 44.3 Å². The van der Waals surface area contributed by atoms with Crippen molar-refractivity contribution in [3.63, 3.8) is 0 Å². The van der Waals surface area contributed by atoms with Crippen LogP contribution in [0.3, 0.4) is 0 Å². The molecule has 1 saturated heterocycles. The van der Waals surface area contributed by atoms with Crippen LogP contribution in [-0.4, -0.2) is 55.6 Å². The van der Waals surface area contributed by atoms with Crippen molar-refractivity contribution >= 4 is 38.6 Å². The minimum Gasteiger partial charge on any atom is -0.494 e. The number of rotatable bonds is 6. The summed E-state index contributed by atoms with van der Waals surface area (Å²) in [5.74, 6) is 2.46. The third-order valence-corrected chi connectivity index (χ3v) is 10.7. The second-order valence-electron chi connectivity index (χ2n) is 13.4. The first-order valence-corrected chi connectivity index (χ1v) is 16.2.